The minimum absolute atomic E-state index is 0.280. The van der Waals surface area contributed by atoms with Gasteiger partial charge in [-0.05, 0) is 6.07 Å². The molecular weight excluding hydrogens is 309 g/mol. The minimum Gasteiger partial charge on any atom is -0.390 e. The van der Waals surface area contributed by atoms with Crippen LogP contribution in [0.2, 0.25) is 0 Å². The summed E-state index contributed by atoms with van der Waals surface area (Å²) in [5.74, 6) is -3.89. The van der Waals surface area contributed by atoms with Gasteiger partial charge >= 0.3 is 0 Å². The number of nitrogens with zero attached hydrogens (tertiary/aromatic N) is 1. The van der Waals surface area contributed by atoms with Gasteiger partial charge < -0.3 is 9.67 Å². The highest BCUT2D eigenvalue weighted by Gasteiger charge is 2.22. The van der Waals surface area contributed by atoms with Crippen LogP contribution in [0.3, 0.4) is 0 Å². The van der Waals surface area contributed by atoms with Crippen molar-refractivity contribution in [2.45, 2.75) is 11.5 Å². The quantitative estimate of drug-likeness (QED) is 0.901. The first-order valence-corrected chi connectivity index (χ1v) is 7.16. The maximum atomic E-state index is 13.5. The number of hydrogen-bond acceptors (Lipinski definition) is 3. The summed E-state index contributed by atoms with van der Waals surface area (Å²) in [6, 6.07) is 1.89. The van der Waals surface area contributed by atoms with Gasteiger partial charge in [0.1, 0.15) is 16.4 Å². The van der Waals surface area contributed by atoms with Gasteiger partial charge in [0.15, 0.2) is 11.6 Å². The van der Waals surface area contributed by atoms with Crippen LogP contribution in [0.4, 0.5) is 18.9 Å². The summed E-state index contributed by atoms with van der Waals surface area (Å²) < 4.78 is 66.8. The van der Waals surface area contributed by atoms with Crippen molar-refractivity contribution in [3.05, 3.63) is 47.5 Å². The molecule has 0 atom stereocenters. The second-order valence-corrected chi connectivity index (χ2v) is 5.97. The molecule has 2 N–H and O–H groups in total. The second-order valence-electron chi connectivity index (χ2n) is 4.29. The third-order valence-corrected chi connectivity index (χ3v) is 4.12. The Kier molecular flexibility index (Phi) is 3.97. The van der Waals surface area contributed by atoms with Crippen molar-refractivity contribution < 1.29 is 26.7 Å². The van der Waals surface area contributed by atoms with Crippen LogP contribution in [0.1, 0.15) is 5.69 Å². The topological polar surface area (TPSA) is 71.3 Å². The average molecular weight is 320 g/mol. The lowest BCUT2D eigenvalue weighted by molar-refractivity contribution is 0.272. The Morgan fingerprint density at radius 2 is 1.76 bits per heavy atom. The number of anilines is 1. The zero-order chi connectivity index (χ0) is 15.8. The molecule has 1 aromatic carbocycles. The van der Waals surface area contributed by atoms with E-state index in [9.17, 15) is 21.6 Å². The zero-order valence-corrected chi connectivity index (χ0v) is 11.6. The molecule has 0 aliphatic carbocycles. The Bertz CT molecular complexity index is 764. The van der Waals surface area contributed by atoms with E-state index in [4.69, 9.17) is 5.11 Å². The Morgan fingerprint density at radius 1 is 1.19 bits per heavy atom. The molecule has 21 heavy (non-hydrogen) atoms. The van der Waals surface area contributed by atoms with Gasteiger partial charge in [0.25, 0.3) is 10.0 Å². The molecule has 2 aromatic rings. The minimum atomic E-state index is -4.27. The number of aliphatic hydroxyl groups excluding tert-OH is 1. The molecule has 1 heterocycles. The van der Waals surface area contributed by atoms with Gasteiger partial charge in [0, 0.05) is 31.1 Å². The summed E-state index contributed by atoms with van der Waals surface area (Å²) >= 11 is 0. The summed E-state index contributed by atoms with van der Waals surface area (Å²) in [6.07, 6.45) is 1.17. The third-order valence-electron chi connectivity index (χ3n) is 2.80. The van der Waals surface area contributed by atoms with Gasteiger partial charge in [-0.25, -0.2) is 21.6 Å². The van der Waals surface area contributed by atoms with E-state index >= 15 is 0 Å². The average Bonchev–Trinajstić information content (AvgIpc) is 2.76. The Labute approximate surface area is 118 Å². The monoisotopic (exact) mass is 320 g/mol. The summed E-state index contributed by atoms with van der Waals surface area (Å²) in [6.45, 7) is -0.398. The number of nitrogens with one attached hydrogen (secondary N) is 1. The molecular formula is C12H11F3N2O3S. The molecule has 0 aliphatic rings. The summed E-state index contributed by atoms with van der Waals surface area (Å²) in [4.78, 5) is -0.280. The fourth-order valence-electron chi connectivity index (χ4n) is 1.71. The van der Waals surface area contributed by atoms with Crippen LogP contribution < -0.4 is 4.72 Å². The molecule has 0 aliphatic heterocycles. The van der Waals surface area contributed by atoms with Crippen molar-refractivity contribution in [1.82, 2.24) is 4.57 Å². The molecule has 1 aromatic heterocycles. The molecule has 2 rings (SSSR count). The fourth-order valence-corrected chi connectivity index (χ4v) is 2.88. The van der Waals surface area contributed by atoms with Crippen LogP contribution in [0.5, 0.6) is 0 Å². The maximum absolute atomic E-state index is 13.5. The Balaban J connectivity index is 2.42. The van der Waals surface area contributed by atoms with Gasteiger partial charge in [-0.1, -0.05) is 0 Å². The largest absolute Gasteiger partial charge is 0.390 e. The Hall–Kier alpha value is -2.00. The van der Waals surface area contributed by atoms with Crippen molar-refractivity contribution in [3.63, 3.8) is 0 Å². The lowest BCUT2D eigenvalue weighted by atomic mass is 10.3. The lowest BCUT2D eigenvalue weighted by Crippen LogP contribution is -2.15. The highest BCUT2D eigenvalue weighted by molar-refractivity contribution is 7.92. The van der Waals surface area contributed by atoms with E-state index in [2.05, 4.69) is 0 Å². The predicted molar refractivity (Wildman–Crippen MR) is 68.5 cm³/mol. The Morgan fingerprint density at radius 3 is 2.24 bits per heavy atom. The van der Waals surface area contributed by atoms with E-state index < -0.39 is 39.8 Å². The number of benzene rings is 1. The number of aryl methyl sites for hydroxylation is 1. The molecule has 9 heteroatoms. The first-order chi connectivity index (χ1) is 9.74. The number of rotatable bonds is 4. The molecule has 0 unspecified atom stereocenters. The van der Waals surface area contributed by atoms with Crippen molar-refractivity contribution in [2.24, 2.45) is 7.05 Å². The van der Waals surface area contributed by atoms with Crippen LogP contribution in [0, 0.1) is 17.5 Å². The fraction of sp³-hybridized carbons (Fsp3) is 0.167. The van der Waals surface area contributed by atoms with Crippen LogP contribution in [0.25, 0.3) is 0 Å². The first kappa shape index (κ1) is 15.4. The molecule has 0 amide bonds. The molecule has 0 radical (unpaired) electrons. The summed E-state index contributed by atoms with van der Waals surface area (Å²) in [5.41, 5.74) is -0.666. The van der Waals surface area contributed by atoms with E-state index in [0.717, 1.165) is 6.07 Å². The first-order valence-electron chi connectivity index (χ1n) is 5.68. The number of halogens is 3. The predicted octanol–water partition coefficient (Wildman–Crippen LogP) is 1.74. The normalized spacial score (nSPS) is 11.7. The van der Waals surface area contributed by atoms with Crippen LogP contribution >= 0.6 is 0 Å². The molecule has 114 valence electrons. The molecule has 5 nitrogen and oxygen atoms in total. The van der Waals surface area contributed by atoms with Crippen molar-refractivity contribution >= 4 is 15.7 Å². The highest BCUT2D eigenvalue weighted by Crippen LogP contribution is 2.24. The lowest BCUT2D eigenvalue weighted by Gasteiger charge is -2.08. The number of hydrogen-bond donors (Lipinski definition) is 2. The molecule has 0 fully saturated rings. The van der Waals surface area contributed by atoms with Crippen LogP contribution in [-0.2, 0) is 23.7 Å². The zero-order valence-electron chi connectivity index (χ0n) is 10.8. The smallest absolute Gasteiger partial charge is 0.263 e. The van der Waals surface area contributed by atoms with Crippen LogP contribution in [-0.4, -0.2) is 18.1 Å². The number of aliphatic hydroxyl groups is 1. The van der Waals surface area contributed by atoms with Crippen molar-refractivity contribution in [1.29, 1.82) is 0 Å². The summed E-state index contributed by atoms with van der Waals surface area (Å²) in [7, 11) is -2.76. The standard InChI is InChI=1S/C12H11F3N2O3S/c1-17-5-9(4-8(17)6-18)21(19,20)16-12-10(14)2-7(13)3-11(12)15/h2-5,16,18H,6H2,1H3. The van der Waals surface area contributed by atoms with Gasteiger partial charge in [-0.3, -0.25) is 4.72 Å². The van der Waals surface area contributed by atoms with E-state index in [1.807, 2.05) is 0 Å². The highest BCUT2D eigenvalue weighted by atomic mass is 32.2. The van der Waals surface area contributed by atoms with E-state index in [-0.39, 0.29) is 4.90 Å². The third kappa shape index (κ3) is 3.03. The van der Waals surface area contributed by atoms with Gasteiger partial charge in [-0.15, -0.1) is 0 Å². The van der Waals surface area contributed by atoms with Crippen molar-refractivity contribution in [3.8, 4) is 0 Å². The van der Waals surface area contributed by atoms with Crippen molar-refractivity contribution in [2.75, 3.05) is 4.72 Å². The maximum Gasteiger partial charge on any atom is 0.263 e. The SMILES string of the molecule is Cn1cc(S(=O)(=O)Nc2c(F)cc(F)cc2F)cc1CO. The molecule has 0 saturated carbocycles. The summed E-state index contributed by atoms with van der Waals surface area (Å²) in [5, 5.41) is 9.01. The molecule has 0 bridgehead atoms. The second kappa shape index (κ2) is 5.41. The van der Waals surface area contributed by atoms with E-state index in [0.29, 0.717) is 17.8 Å². The molecule has 0 spiro atoms. The van der Waals surface area contributed by atoms with E-state index in [1.165, 1.54) is 17.8 Å². The van der Waals surface area contributed by atoms with Crippen LogP contribution in [0.15, 0.2) is 29.3 Å². The van der Waals surface area contributed by atoms with Gasteiger partial charge in [0.2, 0.25) is 0 Å². The van der Waals surface area contributed by atoms with Gasteiger partial charge in [0.05, 0.1) is 6.61 Å². The number of sulfonamides is 1. The van der Waals surface area contributed by atoms with Gasteiger partial charge in [-0.2, -0.15) is 0 Å². The van der Waals surface area contributed by atoms with E-state index in [1.54, 1.807) is 4.72 Å². The number of aromatic nitrogens is 1. The molecule has 0 saturated heterocycles.